The quantitative estimate of drug-likeness (QED) is 0.673. The van der Waals surface area contributed by atoms with E-state index in [2.05, 4.69) is 10.1 Å². The monoisotopic (exact) mass is 377 g/mol. The fourth-order valence-electron chi connectivity index (χ4n) is 3.65. The van der Waals surface area contributed by atoms with Crippen molar-refractivity contribution < 1.29 is 14.1 Å². The minimum absolute atomic E-state index is 0.0612. The van der Waals surface area contributed by atoms with Crippen LogP contribution in [0.4, 0.5) is 0 Å². The molecule has 0 unspecified atom stereocenters. The number of methoxy groups -OCH3 is 1. The third-order valence-electron chi connectivity index (χ3n) is 5.07. The Morgan fingerprint density at radius 3 is 2.93 bits per heavy atom. The summed E-state index contributed by atoms with van der Waals surface area (Å²) < 4.78 is 10.8. The van der Waals surface area contributed by atoms with Gasteiger partial charge in [0.05, 0.1) is 13.5 Å². The highest BCUT2D eigenvalue weighted by atomic mass is 16.5. The molecule has 28 heavy (non-hydrogen) atoms. The van der Waals surface area contributed by atoms with Gasteiger partial charge in [-0.05, 0) is 43.5 Å². The molecule has 0 aliphatic carbocycles. The molecule has 0 bridgehead atoms. The van der Waals surface area contributed by atoms with Crippen molar-refractivity contribution in [1.29, 1.82) is 0 Å². The number of rotatable bonds is 5. The van der Waals surface area contributed by atoms with Gasteiger partial charge in [0.1, 0.15) is 11.8 Å². The highest BCUT2D eigenvalue weighted by molar-refractivity contribution is 5.79. The molecule has 2 aromatic carbocycles. The summed E-state index contributed by atoms with van der Waals surface area (Å²) in [4.78, 5) is 19.3. The van der Waals surface area contributed by atoms with Crippen molar-refractivity contribution in [3.05, 3.63) is 65.5 Å². The zero-order chi connectivity index (χ0) is 19.5. The van der Waals surface area contributed by atoms with Crippen LogP contribution in [0.25, 0.3) is 11.4 Å². The molecule has 1 saturated heterocycles. The standard InChI is InChI=1S/C22H23N3O3/c1-15-6-3-8-17(12-15)21-23-22(28-24-21)19-10-5-11-25(19)20(26)14-16-7-4-9-18(13-16)27-2/h3-4,6-9,12-13,19H,5,10-11,14H2,1-2H3/t19-/m1/s1. The van der Waals surface area contributed by atoms with Crippen molar-refractivity contribution in [3.8, 4) is 17.1 Å². The number of carbonyl (C=O) groups is 1. The van der Waals surface area contributed by atoms with Crippen LogP contribution in [0, 0.1) is 6.92 Å². The molecule has 6 heteroatoms. The van der Waals surface area contributed by atoms with E-state index in [0.717, 1.165) is 35.3 Å². The predicted octanol–water partition coefficient (Wildman–Crippen LogP) is 3.96. The van der Waals surface area contributed by atoms with Gasteiger partial charge in [0.25, 0.3) is 0 Å². The number of hydrogen-bond donors (Lipinski definition) is 0. The molecule has 1 atom stereocenters. The Hall–Kier alpha value is -3.15. The maximum atomic E-state index is 12.9. The Balaban J connectivity index is 1.51. The fraction of sp³-hybridized carbons (Fsp3) is 0.318. The van der Waals surface area contributed by atoms with E-state index in [9.17, 15) is 4.79 Å². The van der Waals surface area contributed by atoms with E-state index in [-0.39, 0.29) is 11.9 Å². The molecule has 6 nitrogen and oxygen atoms in total. The summed E-state index contributed by atoms with van der Waals surface area (Å²) in [6.45, 7) is 2.73. The summed E-state index contributed by atoms with van der Waals surface area (Å²) in [6.07, 6.45) is 2.09. The van der Waals surface area contributed by atoms with Crippen LogP contribution < -0.4 is 4.74 Å². The maximum Gasteiger partial charge on any atom is 0.249 e. The summed E-state index contributed by atoms with van der Waals surface area (Å²) >= 11 is 0. The van der Waals surface area contributed by atoms with E-state index in [1.165, 1.54) is 0 Å². The topological polar surface area (TPSA) is 68.5 Å². The van der Waals surface area contributed by atoms with Crippen LogP contribution in [0.2, 0.25) is 0 Å². The molecule has 1 aromatic heterocycles. The Morgan fingerprint density at radius 2 is 2.11 bits per heavy atom. The van der Waals surface area contributed by atoms with E-state index >= 15 is 0 Å². The van der Waals surface area contributed by atoms with Gasteiger partial charge in [-0.2, -0.15) is 4.98 Å². The SMILES string of the molecule is COc1cccc(CC(=O)N2CCC[C@@H]2c2nc(-c3cccc(C)c3)no2)c1. The molecule has 4 rings (SSSR count). The average Bonchev–Trinajstić information content (AvgIpc) is 3.37. The maximum absolute atomic E-state index is 12.9. The molecule has 1 aliphatic heterocycles. The Labute approximate surface area is 164 Å². The van der Waals surface area contributed by atoms with Crippen LogP contribution in [0.3, 0.4) is 0 Å². The van der Waals surface area contributed by atoms with Gasteiger partial charge in [0.15, 0.2) is 0 Å². The zero-order valence-corrected chi connectivity index (χ0v) is 16.1. The van der Waals surface area contributed by atoms with Crippen molar-refractivity contribution >= 4 is 5.91 Å². The van der Waals surface area contributed by atoms with E-state index in [4.69, 9.17) is 9.26 Å². The molecule has 144 valence electrons. The molecule has 0 spiro atoms. The lowest BCUT2D eigenvalue weighted by molar-refractivity contribution is -0.131. The lowest BCUT2D eigenvalue weighted by atomic mass is 10.1. The van der Waals surface area contributed by atoms with Crippen molar-refractivity contribution in [2.75, 3.05) is 13.7 Å². The average molecular weight is 377 g/mol. The fourth-order valence-corrected chi connectivity index (χ4v) is 3.65. The molecule has 1 amide bonds. The van der Waals surface area contributed by atoms with Crippen molar-refractivity contribution in [2.45, 2.75) is 32.2 Å². The van der Waals surface area contributed by atoms with E-state index in [0.29, 0.717) is 24.7 Å². The first kappa shape index (κ1) is 18.2. The van der Waals surface area contributed by atoms with E-state index < -0.39 is 0 Å². The largest absolute Gasteiger partial charge is 0.497 e. The smallest absolute Gasteiger partial charge is 0.249 e. The molecular formula is C22H23N3O3. The summed E-state index contributed by atoms with van der Waals surface area (Å²) in [5.74, 6) is 1.88. The first-order valence-electron chi connectivity index (χ1n) is 9.47. The summed E-state index contributed by atoms with van der Waals surface area (Å²) in [5.41, 5.74) is 2.99. The normalized spacial score (nSPS) is 16.4. The Bertz CT molecular complexity index is 982. The molecule has 0 radical (unpaired) electrons. The van der Waals surface area contributed by atoms with Gasteiger partial charge in [-0.25, -0.2) is 0 Å². The molecular weight excluding hydrogens is 354 g/mol. The first-order valence-corrected chi connectivity index (χ1v) is 9.47. The number of likely N-dealkylation sites (tertiary alicyclic amines) is 1. The lowest BCUT2D eigenvalue weighted by Gasteiger charge is -2.22. The third kappa shape index (κ3) is 3.76. The molecule has 1 fully saturated rings. The van der Waals surface area contributed by atoms with Gasteiger partial charge in [-0.15, -0.1) is 0 Å². The second kappa shape index (κ2) is 7.84. The van der Waals surface area contributed by atoms with Gasteiger partial charge < -0.3 is 14.2 Å². The Morgan fingerprint density at radius 1 is 1.25 bits per heavy atom. The minimum atomic E-state index is -0.163. The van der Waals surface area contributed by atoms with E-state index in [1.54, 1.807) is 7.11 Å². The van der Waals surface area contributed by atoms with Crippen molar-refractivity contribution in [3.63, 3.8) is 0 Å². The molecule has 0 N–H and O–H groups in total. The second-order valence-electron chi connectivity index (χ2n) is 7.10. The Kier molecular flexibility index (Phi) is 5.10. The van der Waals surface area contributed by atoms with Crippen molar-refractivity contribution in [1.82, 2.24) is 15.0 Å². The summed E-state index contributed by atoms with van der Waals surface area (Å²) in [7, 11) is 1.62. The number of amides is 1. The molecule has 1 aliphatic rings. The van der Waals surface area contributed by atoms with Gasteiger partial charge >= 0.3 is 0 Å². The molecule has 3 aromatic rings. The third-order valence-corrected chi connectivity index (χ3v) is 5.07. The number of carbonyl (C=O) groups excluding carboxylic acids is 1. The number of aryl methyl sites for hydroxylation is 1. The van der Waals surface area contributed by atoms with Crippen LogP contribution in [0.5, 0.6) is 5.75 Å². The number of nitrogens with zero attached hydrogens (tertiary/aromatic N) is 3. The first-order chi connectivity index (χ1) is 13.6. The van der Waals surface area contributed by atoms with Gasteiger partial charge in [-0.1, -0.05) is 41.1 Å². The summed E-state index contributed by atoms with van der Waals surface area (Å²) in [6, 6.07) is 15.4. The highest BCUT2D eigenvalue weighted by Crippen LogP contribution is 2.32. The van der Waals surface area contributed by atoms with Crippen LogP contribution >= 0.6 is 0 Å². The van der Waals surface area contributed by atoms with Crippen molar-refractivity contribution in [2.24, 2.45) is 0 Å². The molecule has 0 saturated carbocycles. The molecule has 2 heterocycles. The van der Waals surface area contributed by atoms with Crippen LogP contribution in [0.15, 0.2) is 53.1 Å². The predicted molar refractivity (Wildman–Crippen MR) is 105 cm³/mol. The van der Waals surface area contributed by atoms with E-state index in [1.807, 2.05) is 60.4 Å². The van der Waals surface area contributed by atoms with Crippen LogP contribution in [-0.2, 0) is 11.2 Å². The van der Waals surface area contributed by atoms with Crippen LogP contribution in [0.1, 0.15) is 35.9 Å². The van der Waals surface area contributed by atoms with Gasteiger partial charge in [-0.3, -0.25) is 4.79 Å². The zero-order valence-electron chi connectivity index (χ0n) is 16.1. The number of ether oxygens (including phenoxy) is 1. The number of aromatic nitrogens is 2. The van der Waals surface area contributed by atoms with Gasteiger partial charge in [0.2, 0.25) is 17.6 Å². The second-order valence-corrected chi connectivity index (χ2v) is 7.10. The number of hydrogen-bond acceptors (Lipinski definition) is 5. The van der Waals surface area contributed by atoms with Crippen LogP contribution in [-0.4, -0.2) is 34.6 Å². The highest BCUT2D eigenvalue weighted by Gasteiger charge is 2.34. The summed E-state index contributed by atoms with van der Waals surface area (Å²) in [5, 5.41) is 4.13. The minimum Gasteiger partial charge on any atom is -0.497 e. The van der Waals surface area contributed by atoms with Gasteiger partial charge in [0, 0.05) is 12.1 Å². The number of benzene rings is 2. The lowest BCUT2D eigenvalue weighted by Crippen LogP contribution is -2.32.